The number of anilines is 1. The highest BCUT2D eigenvalue weighted by molar-refractivity contribution is 5.92. The Morgan fingerprint density at radius 1 is 1.48 bits per heavy atom. The Morgan fingerprint density at radius 3 is 2.81 bits per heavy atom. The summed E-state index contributed by atoms with van der Waals surface area (Å²) in [4.78, 5) is 14.2. The predicted molar refractivity (Wildman–Crippen MR) is 83.0 cm³/mol. The van der Waals surface area contributed by atoms with Crippen molar-refractivity contribution in [2.75, 3.05) is 32.1 Å². The lowest BCUT2D eigenvalue weighted by atomic mass is 10.2. The van der Waals surface area contributed by atoms with Crippen LogP contribution in [0, 0.1) is 11.3 Å². The van der Waals surface area contributed by atoms with Crippen LogP contribution in [0.3, 0.4) is 0 Å². The number of hydrogen-bond donors (Lipinski definition) is 1. The van der Waals surface area contributed by atoms with Gasteiger partial charge in [-0.05, 0) is 25.6 Å². The number of carbonyl (C=O) groups excluding carboxylic acids is 1. The number of rotatable bonds is 8. The number of likely N-dealkylation sites (N-methyl/N-ethyl adjacent to an activating group) is 1. The van der Waals surface area contributed by atoms with Crippen LogP contribution in [0.2, 0.25) is 0 Å². The minimum atomic E-state index is -0.0826. The summed E-state index contributed by atoms with van der Waals surface area (Å²) in [7, 11) is 1.68. The molecule has 0 saturated heterocycles. The molecule has 0 aliphatic carbocycles. The second-order valence-electron chi connectivity index (χ2n) is 4.89. The topological polar surface area (TPSA) is 65.4 Å². The number of ether oxygens (including phenoxy) is 1. The predicted octanol–water partition coefficient (Wildman–Crippen LogP) is 2.24. The van der Waals surface area contributed by atoms with E-state index in [1.54, 1.807) is 31.4 Å². The van der Waals surface area contributed by atoms with Gasteiger partial charge in [-0.25, -0.2) is 0 Å². The van der Waals surface area contributed by atoms with Crippen molar-refractivity contribution < 1.29 is 9.53 Å². The lowest BCUT2D eigenvalue weighted by Crippen LogP contribution is -2.38. The molecular formula is C16H23N3O2. The normalized spacial score (nSPS) is 12.0. The van der Waals surface area contributed by atoms with Gasteiger partial charge in [0.1, 0.15) is 6.07 Å². The second kappa shape index (κ2) is 9.11. The first-order chi connectivity index (χ1) is 10.1. The summed E-state index contributed by atoms with van der Waals surface area (Å²) in [6.45, 7) is 6.33. The van der Waals surface area contributed by atoms with Crippen LogP contribution >= 0.6 is 0 Å². The van der Waals surface area contributed by atoms with E-state index in [-0.39, 0.29) is 11.9 Å². The van der Waals surface area contributed by atoms with Crippen molar-refractivity contribution in [3.63, 3.8) is 0 Å². The van der Waals surface area contributed by atoms with Crippen LogP contribution in [0.4, 0.5) is 5.69 Å². The molecule has 1 rings (SSSR count). The van der Waals surface area contributed by atoms with Gasteiger partial charge in [0, 0.05) is 26.1 Å². The Labute approximate surface area is 126 Å². The minimum absolute atomic E-state index is 0.0826. The first-order valence-electron chi connectivity index (χ1n) is 7.14. The molecule has 21 heavy (non-hydrogen) atoms. The molecule has 0 aliphatic rings. The van der Waals surface area contributed by atoms with Crippen molar-refractivity contribution in [3.8, 4) is 6.07 Å². The van der Waals surface area contributed by atoms with Gasteiger partial charge in [-0.2, -0.15) is 5.26 Å². The Kier molecular flexibility index (Phi) is 7.44. The van der Waals surface area contributed by atoms with E-state index in [0.29, 0.717) is 30.8 Å². The van der Waals surface area contributed by atoms with E-state index in [9.17, 15) is 4.79 Å². The molecule has 114 valence electrons. The van der Waals surface area contributed by atoms with E-state index in [4.69, 9.17) is 10.00 Å². The number of amides is 1. The number of methoxy groups -OCH3 is 1. The molecule has 1 aromatic carbocycles. The van der Waals surface area contributed by atoms with Crippen LogP contribution in [-0.2, 0) is 9.53 Å². The second-order valence-corrected chi connectivity index (χ2v) is 4.89. The third-order valence-corrected chi connectivity index (χ3v) is 3.39. The molecule has 1 unspecified atom stereocenters. The molecule has 0 heterocycles. The Bertz CT molecular complexity index is 497. The monoisotopic (exact) mass is 289 g/mol. The average molecular weight is 289 g/mol. The van der Waals surface area contributed by atoms with Crippen molar-refractivity contribution in [2.45, 2.75) is 26.3 Å². The number of para-hydroxylation sites is 1. The van der Waals surface area contributed by atoms with Gasteiger partial charge in [0.05, 0.1) is 17.9 Å². The molecule has 0 bridgehead atoms. The fourth-order valence-corrected chi connectivity index (χ4v) is 2.18. The molecule has 0 spiro atoms. The zero-order valence-corrected chi connectivity index (χ0v) is 12.9. The fraction of sp³-hybridized carbons (Fsp3) is 0.500. The third-order valence-electron chi connectivity index (χ3n) is 3.39. The van der Waals surface area contributed by atoms with Crippen LogP contribution in [0.15, 0.2) is 24.3 Å². The van der Waals surface area contributed by atoms with Crippen LogP contribution in [0.1, 0.15) is 25.8 Å². The number of carbonyl (C=O) groups is 1. The Hall–Kier alpha value is -1.90. The highest BCUT2D eigenvalue weighted by atomic mass is 16.5. The van der Waals surface area contributed by atoms with Crippen molar-refractivity contribution in [1.82, 2.24) is 4.90 Å². The third kappa shape index (κ3) is 5.54. The summed E-state index contributed by atoms with van der Waals surface area (Å²) in [5.41, 5.74) is 1.05. The molecule has 0 aliphatic heterocycles. The maximum Gasteiger partial charge on any atom is 0.225 e. The highest BCUT2D eigenvalue weighted by Gasteiger charge is 2.14. The van der Waals surface area contributed by atoms with E-state index in [0.717, 1.165) is 6.54 Å². The number of hydrogen-bond acceptors (Lipinski definition) is 4. The van der Waals surface area contributed by atoms with Crippen LogP contribution in [0.25, 0.3) is 0 Å². The minimum Gasteiger partial charge on any atom is -0.383 e. The Morgan fingerprint density at radius 2 is 2.19 bits per heavy atom. The summed E-state index contributed by atoms with van der Waals surface area (Å²) >= 11 is 0. The summed E-state index contributed by atoms with van der Waals surface area (Å²) in [5.74, 6) is -0.0826. The summed E-state index contributed by atoms with van der Waals surface area (Å²) in [6, 6.07) is 9.35. The summed E-state index contributed by atoms with van der Waals surface area (Å²) in [6.07, 6.45) is 0.391. The molecule has 0 aromatic heterocycles. The van der Waals surface area contributed by atoms with Gasteiger partial charge in [0.25, 0.3) is 0 Å². The maximum absolute atomic E-state index is 12.0. The van der Waals surface area contributed by atoms with Crippen molar-refractivity contribution in [1.29, 1.82) is 5.26 Å². The molecular weight excluding hydrogens is 266 g/mol. The van der Waals surface area contributed by atoms with Crippen molar-refractivity contribution >= 4 is 11.6 Å². The lowest BCUT2D eigenvalue weighted by Gasteiger charge is -2.26. The van der Waals surface area contributed by atoms with E-state index in [1.165, 1.54) is 0 Å². The van der Waals surface area contributed by atoms with Gasteiger partial charge in [0.15, 0.2) is 0 Å². The maximum atomic E-state index is 12.0. The first-order valence-corrected chi connectivity index (χ1v) is 7.14. The van der Waals surface area contributed by atoms with Gasteiger partial charge in [0.2, 0.25) is 5.91 Å². The zero-order chi connectivity index (χ0) is 15.7. The Balaban J connectivity index is 2.52. The van der Waals surface area contributed by atoms with Gasteiger partial charge >= 0.3 is 0 Å². The standard InChI is InChI=1S/C16H23N3O2/c1-4-19(13(2)12-21-3)10-9-16(20)18-15-8-6-5-7-14(15)11-17/h5-8,13H,4,9-10,12H2,1-3H3,(H,18,20). The average Bonchev–Trinajstić information content (AvgIpc) is 2.48. The molecule has 5 nitrogen and oxygen atoms in total. The molecule has 0 radical (unpaired) electrons. The quantitative estimate of drug-likeness (QED) is 0.797. The van der Waals surface area contributed by atoms with E-state index in [1.807, 2.05) is 0 Å². The first kappa shape index (κ1) is 17.2. The molecule has 1 N–H and O–H groups in total. The number of nitrogens with one attached hydrogen (secondary N) is 1. The van der Waals surface area contributed by atoms with Gasteiger partial charge in [-0.3, -0.25) is 9.69 Å². The van der Waals surface area contributed by atoms with Gasteiger partial charge in [-0.1, -0.05) is 19.1 Å². The molecule has 0 saturated carbocycles. The molecule has 1 amide bonds. The largest absolute Gasteiger partial charge is 0.383 e. The molecule has 1 atom stereocenters. The van der Waals surface area contributed by atoms with Crippen LogP contribution in [-0.4, -0.2) is 43.7 Å². The van der Waals surface area contributed by atoms with Crippen molar-refractivity contribution in [2.24, 2.45) is 0 Å². The highest BCUT2D eigenvalue weighted by Crippen LogP contribution is 2.13. The van der Waals surface area contributed by atoms with Gasteiger partial charge in [-0.15, -0.1) is 0 Å². The number of benzene rings is 1. The SMILES string of the molecule is CCN(CCC(=O)Nc1ccccc1C#N)C(C)COC. The van der Waals surface area contributed by atoms with Gasteiger partial charge < -0.3 is 10.1 Å². The van der Waals surface area contributed by atoms with E-state index in [2.05, 4.69) is 30.1 Å². The fourth-order valence-electron chi connectivity index (χ4n) is 2.18. The summed E-state index contributed by atoms with van der Waals surface area (Å²) < 4.78 is 5.14. The lowest BCUT2D eigenvalue weighted by molar-refractivity contribution is -0.116. The van der Waals surface area contributed by atoms with E-state index < -0.39 is 0 Å². The summed E-state index contributed by atoms with van der Waals surface area (Å²) in [5, 5.41) is 11.8. The number of nitrogens with zero attached hydrogens (tertiary/aromatic N) is 2. The van der Waals surface area contributed by atoms with Crippen LogP contribution in [0.5, 0.6) is 0 Å². The zero-order valence-electron chi connectivity index (χ0n) is 12.9. The molecule has 0 fully saturated rings. The smallest absolute Gasteiger partial charge is 0.225 e. The molecule has 1 aromatic rings. The number of nitriles is 1. The van der Waals surface area contributed by atoms with E-state index >= 15 is 0 Å². The molecule has 5 heteroatoms. The van der Waals surface area contributed by atoms with Crippen molar-refractivity contribution in [3.05, 3.63) is 29.8 Å². The van der Waals surface area contributed by atoms with Crippen LogP contribution < -0.4 is 5.32 Å².